The second-order valence-electron chi connectivity index (χ2n) is 7.01. The highest BCUT2D eigenvalue weighted by atomic mass is 19.4. The molecule has 5 nitrogen and oxygen atoms in total. The third-order valence-electron chi connectivity index (χ3n) is 4.98. The fraction of sp³-hybridized carbons (Fsp3) is 0.227. The fourth-order valence-electron chi connectivity index (χ4n) is 3.51. The van der Waals surface area contributed by atoms with Crippen LogP contribution in [0.25, 0.3) is 5.69 Å². The number of aliphatic imine (C=N–C) groups is 1. The molecule has 1 unspecified atom stereocenters. The van der Waals surface area contributed by atoms with Crippen LogP contribution in [0.4, 0.5) is 13.2 Å². The van der Waals surface area contributed by atoms with Crippen LogP contribution in [0.2, 0.25) is 0 Å². The topological polar surface area (TPSA) is 56.5 Å². The van der Waals surface area contributed by atoms with E-state index in [1.165, 1.54) is 13.0 Å². The number of esters is 1. The standard InChI is InChI=1S/C22H18F3N3O2/c1-12-13(2)28-18-10-9-16(22(23,24)25)11-17(18)19(15-7-5-4-6-8-15)27-21(20(28)26-12)30-14(3)29/h4-11,21H,1-3H3. The van der Waals surface area contributed by atoms with E-state index in [0.717, 1.165) is 17.8 Å². The lowest BCUT2D eigenvalue weighted by atomic mass is 9.98. The summed E-state index contributed by atoms with van der Waals surface area (Å²) in [5.41, 5.74) is 2.30. The fourth-order valence-corrected chi connectivity index (χ4v) is 3.51. The van der Waals surface area contributed by atoms with Crippen LogP contribution in [-0.4, -0.2) is 21.2 Å². The Morgan fingerprint density at radius 1 is 1.10 bits per heavy atom. The minimum atomic E-state index is -4.51. The molecular formula is C22H18F3N3O2. The molecule has 1 aliphatic heterocycles. The Balaban J connectivity index is 2.07. The van der Waals surface area contributed by atoms with Gasteiger partial charge in [-0.15, -0.1) is 0 Å². The molecule has 0 amide bonds. The lowest BCUT2D eigenvalue weighted by Crippen LogP contribution is -2.12. The maximum atomic E-state index is 13.5. The minimum Gasteiger partial charge on any atom is -0.432 e. The molecule has 30 heavy (non-hydrogen) atoms. The quantitative estimate of drug-likeness (QED) is 0.561. The number of hydrogen-bond acceptors (Lipinski definition) is 4. The molecular weight excluding hydrogens is 395 g/mol. The smallest absolute Gasteiger partial charge is 0.416 e. The number of imidazole rings is 1. The summed E-state index contributed by atoms with van der Waals surface area (Å²) < 4.78 is 47.6. The monoisotopic (exact) mass is 413 g/mol. The first-order valence-corrected chi connectivity index (χ1v) is 9.25. The highest BCUT2D eigenvalue weighted by Gasteiger charge is 2.35. The lowest BCUT2D eigenvalue weighted by Gasteiger charge is -2.16. The Morgan fingerprint density at radius 2 is 1.80 bits per heavy atom. The molecule has 0 N–H and O–H groups in total. The van der Waals surface area contributed by atoms with Gasteiger partial charge in [-0.3, -0.25) is 9.36 Å². The molecule has 0 aliphatic carbocycles. The predicted molar refractivity (Wildman–Crippen MR) is 105 cm³/mol. The van der Waals surface area contributed by atoms with Crippen LogP contribution < -0.4 is 0 Å². The SMILES string of the molecule is CC(=O)OC1N=C(c2ccccc2)c2cc(C(F)(F)F)ccc2-n2c1nc(C)c2C. The molecule has 0 fully saturated rings. The Morgan fingerprint density at radius 3 is 2.43 bits per heavy atom. The molecule has 1 atom stereocenters. The van der Waals surface area contributed by atoms with Gasteiger partial charge in [0, 0.05) is 23.7 Å². The van der Waals surface area contributed by atoms with Gasteiger partial charge in [-0.2, -0.15) is 13.2 Å². The van der Waals surface area contributed by atoms with Crippen LogP contribution in [0, 0.1) is 13.8 Å². The third-order valence-corrected chi connectivity index (χ3v) is 4.98. The molecule has 1 aliphatic rings. The molecule has 4 rings (SSSR count). The minimum absolute atomic E-state index is 0.285. The maximum Gasteiger partial charge on any atom is 0.416 e. The number of rotatable bonds is 2. The zero-order valence-electron chi connectivity index (χ0n) is 16.5. The van der Waals surface area contributed by atoms with Crippen LogP contribution in [0.1, 0.15) is 47.1 Å². The van der Waals surface area contributed by atoms with Crippen molar-refractivity contribution in [3.63, 3.8) is 0 Å². The van der Waals surface area contributed by atoms with Gasteiger partial charge >= 0.3 is 12.1 Å². The van der Waals surface area contributed by atoms with Crippen molar-refractivity contribution in [2.45, 2.75) is 33.2 Å². The first-order chi connectivity index (χ1) is 14.2. The molecule has 8 heteroatoms. The van der Waals surface area contributed by atoms with Crippen molar-refractivity contribution in [3.05, 3.63) is 82.4 Å². The van der Waals surface area contributed by atoms with Gasteiger partial charge in [-0.05, 0) is 32.0 Å². The Hall–Kier alpha value is -3.42. The van der Waals surface area contributed by atoms with Gasteiger partial charge in [0.2, 0.25) is 0 Å². The first-order valence-electron chi connectivity index (χ1n) is 9.25. The second kappa shape index (κ2) is 7.12. The van der Waals surface area contributed by atoms with Gasteiger partial charge < -0.3 is 4.74 Å². The summed E-state index contributed by atoms with van der Waals surface area (Å²) in [5.74, 6) is -0.227. The number of halogens is 3. The number of aryl methyl sites for hydroxylation is 1. The summed E-state index contributed by atoms with van der Waals surface area (Å²) in [6, 6.07) is 12.4. The zero-order valence-corrected chi connectivity index (χ0v) is 16.5. The highest BCUT2D eigenvalue weighted by Crippen LogP contribution is 2.37. The van der Waals surface area contributed by atoms with Crippen molar-refractivity contribution in [2.24, 2.45) is 4.99 Å². The maximum absolute atomic E-state index is 13.5. The van der Waals surface area contributed by atoms with Crippen molar-refractivity contribution >= 4 is 11.7 Å². The van der Waals surface area contributed by atoms with Crippen LogP contribution in [0.5, 0.6) is 0 Å². The van der Waals surface area contributed by atoms with E-state index in [-0.39, 0.29) is 5.56 Å². The van der Waals surface area contributed by atoms with E-state index >= 15 is 0 Å². The number of ether oxygens (including phenoxy) is 1. The van der Waals surface area contributed by atoms with Gasteiger partial charge in [0.25, 0.3) is 6.23 Å². The summed E-state index contributed by atoms with van der Waals surface area (Å²) in [7, 11) is 0. The first kappa shape index (κ1) is 19.9. The van der Waals surface area contributed by atoms with E-state index < -0.39 is 23.9 Å². The van der Waals surface area contributed by atoms with E-state index in [1.54, 1.807) is 41.8 Å². The van der Waals surface area contributed by atoms with Crippen molar-refractivity contribution in [1.82, 2.24) is 9.55 Å². The molecule has 0 saturated carbocycles. The van der Waals surface area contributed by atoms with E-state index in [1.807, 2.05) is 6.92 Å². The molecule has 0 saturated heterocycles. The zero-order chi connectivity index (χ0) is 21.6. The number of fused-ring (bicyclic) bond motifs is 3. The predicted octanol–water partition coefficient (Wildman–Crippen LogP) is 4.92. The van der Waals surface area contributed by atoms with E-state index in [9.17, 15) is 18.0 Å². The Bertz CT molecular complexity index is 1160. The average molecular weight is 413 g/mol. The third kappa shape index (κ3) is 3.38. The molecule has 3 aromatic rings. The Kier molecular flexibility index (Phi) is 4.72. The van der Waals surface area contributed by atoms with Crippen LogP contribution in [0.15, 0.2) is 53.5 Å². The van der Waals surface area contributed by atoms with E-state index in [4.69, 9.17) is 4.74 Å². The van der Waals surface area contributed by atoms with Gasteiger partial charge in [0.1, 0.15) is 0 Å². The second-order valence-corrected chi connectivity index (χ2v) is 7.01. The Labute approximate surface area is 170 Å². The number of aromatic nitrogens is 2. The number of alkyl halides is 3. The van der Waals surface area contributed by atoms with Crippen molar-refractivity contribution < 1.29 is 22.7 Å². The van der Waals surface area contributed by atoms with Gasteiger partial charge in [-0.1, -0.05) is 30.3 Å². The van der Waals surface area contributed by atoms with Crippen LogP contribution in [0.3, 0.4) is 0 Å². The summed E-state index contributed by atoms with van der Waals surface area (Å²) in [6.07, 6.45) is -5.60. The van der Waals surface area contributed by atoms with Gasteiger partial charge in [-0.25, -0.2) is 9.98 Å². The molecule has 0 radical (unpaired) electrons. The van der Waals surface area contributed by atoms with Gasteiger partial charge in [0.05, 0.1) is 22.7 Å². The average Bonchev–Trinajstić information content (AvgIpc) is 2.91. The molecule has 0 spiro atoms. The number of benzene rings is 2. The number of hydrogen-bond donors (Lipinski definition) is 0. The van der Waals surface area contributed by atoms with Crippen LogP contribution >= 0.6 is 0 Å². The van der Waals surface area contributed by atoms with Crippen molar-refractivity contribution in [3.8, 4) is 5.69 Å². The number of carbonyl (C=O) groups is 1. The molecule has 1 aromatic heterocycles. The summed E-state index contributed by atoms with van der Waals surface area (Å²) in [5, 5.41) is 0. The summed E-state index contributed by atoms with van der Waals surface area (Å²) >= 11 is 0. The van der Waals surface area contributed by atoms with E-state index in [0.29, 0.717) is 28.5 Å². The van der Waals surface area contributed by atoms with Crippen molar-refractivity contribution in [1.29, 1.82) is 0 Å². The molecule has 2 heterocycles. The molecule has 154 valence electrons. The highest BCUT2D eigenvalue weighted by molar-refractivity contribution is 6.15. The number of nitrogens with zero attached hydrogens (tertiary/aromatic N) is 3. The van der Waals surface area contributed by atoms with Gasteiger partial charge in [0.15, 0.2) is 5.82 Å². The van der Waals surface area contributed by atoms with Crippen molar-refractivity contribution in [2.75, 3.05) is 0 Å². The largest absolute Gasteiger partial charge is 0.432 e. The molecule has 2 aromatic carbocycles. The summed E-state index contributed by atoms with van der Waals surface area (Å²) in [4.78, 5) is 20.8. The van der Waals surface area contributed by atoms with Crippen LogP contribution in [-0.2, 0) is 15.7 Å². The normalized spacial score (nSPS) is 15.7. The lowest BCUT2D eigenvalue weighted by molar-refractivity contribution is -0.146. The molecule has 0 bridgehead atoms. The number of carbonyl (C=O) groups excluding carboxylic acids is 1. The van der Waals surface area contributed by atoms with E-state index in [2.05, 4.69) is 9.98 Å². The summed E-state index contributed by atoms with van der Waals surface area (Å²) in [6.45, 7) is 4.85.